The molecule has 1 amide bonds. The quantitative estimate of drug-likeness (QED) is 0.606. The van der Waals surface area contributed by atoms with Crippen LogP contribution in [0.25, 0.3) is 0 Å². The second kappa shape index (κ2) is 5.97. The topological polar surface area (TPSA) is 119 Å². The van der Waals surface area contributed by atoms with Gasteiger partial charge in [-0.25, -0.2) is 9.18 Å². The number of carboxylic acid groups (broad SMARTS) is 1. The first-order valence-corrected chi connectivity index (χ1v) is 6.83. The van der Waals surface area contributed by atoms with E-state index in [4.69, 9.17) is 4.74 Å². The summed E-state index contributed by atoms with van der Waals surface area (Å²) in [5, 5.41) is 22.3. The number of nitro benzene ring substituents is 1. The maximum Gasteiger partial charge on any atom is 0.331 e. The van der Waals surface area contributed by atoms with E-state index >= 15 is 0 Å². The fourth-order valence-electron chi connectivity index (χ4n) is 2.04. The Morgan fingerprint density at radius 2 is 2.18 bits per heavy atom. The van der Waals surface area contributed by atoms with Crippen molar-refractivity contribution in [3.8, 4) is 0 Å². The largest absolute Gasteiger partial charge is 0.479 e. The molecule has 1 atom stereocenters. The SMILES string of the molecule is O=C(NC1(C(=O)O)CCOC1)c1cc(F)cc([N+](=O)[O-])c1Br. The van der Waals surface area contributed by atoms with Gasteiger partial charge in [-0.15, -0.1) is 0 Å². The number of ether oxygens (including phenoxy) is 1. The van der Waals surface area contributed by atoms with Gasteiger partial charge in [-0.05, 0) is 22.0 Å². The summed E-state index contributed by atoms with van der Waals surface area (Å²) in [6, 6.07) is 1.45. The summed E-state index contributed by atoms with van der Waals surface area (Å²) in [6.45, 7) is -0.0832. The first-order valence-electron chi connectivity index (χ1n) is 6.04. The lowest BCUT2D eigenvalue weighted by Gasteiger charge is -2.23. The van der Waals surface area contributed by atoms with E-state index in [1.54, 1.807) is 0 Å². The van der Waals surface area contributed by atoms with Gasteiger partial charge in [-0.3, -0.25) is 14.9 Å². The highest BCUT2D eigenvalue weighted by Crippen LogP contribution is 2.30. The maximum atomic E-state index is 13.4. The Bertz CT molecular complexity index is 659. The Kier molecular flexibility index (Phi) is 4.42. The van der Waals surface area contributed by atoms with Crippen molar-refractivity contribution >= 4 is 33.5 Å². The van der Waals surface area contributed by atoms with Gasteiger partial charge in [0.15, 0.2) is 5.54 Å². The number of aliphatic carboxylic acids is 1. The van der Waals surface area contributed by atoms with Crippen LogP contribution in [0.5, 0.6) is 0 Å². The molecule has 8 nitrogen and oxygen atoms in total. The lowest BCUT2D eigenvalue weighted by atomic mass is 9.98. The number of carbonyl (C=O) groups is 2. The van der Waals surface area contributed by atoms with E-state index in [2.05, 4.69) is 21.2 Å². The number of hydrogen-bond acceptors (Lipinski definition) is 5. The molecule has 0 aromatic heterocycles. The van der Waals surface area contributed by atoms with Crippen LogP contribution in [0.2, 0.25) is 0 Å². The van der Waals surface area contributed by atoms with Crippen LogP contribution in [-0.2, 0) is 9.53 Å². The van der Waals surface area contributed by atoms with Crippen LogP contribution in [0, 0.1) is 15.9 Å². The Morgan fingerprint density at radius 1 is 1.50 bits per heavy atom. The van der Waals surface area contributed by atoms with Crippen molar-refractivity contribution in [2.75, 3.05) is 13.2 Å². The zero-order chi connectivity index (χ0) is 16.5. The van der Waals surface area contributed by atoms with Crippen molar-refractivity contribution in [3.05, 3.63) is 38.1 Å². The Labute approximate surface area is 131 Å². The smallest absolute Gasteiger partial charge is 0.331 e. The third kappa shape index (κ3) is 2.92. The van der Waals surface area contributed by atoms with E-state index in [1.165, 1.54) is 0 Å². The molecule has 1 aromatic carbocycles. The zero-order valence-corrected chi connectivity index (χ0v) is 12.6. The highest BCUT2D eigenvalue weighted by Gasteiger charge is 2.44. The van der Waals surface area contributed by atoms with E-state index in [9.17, 15) is 29.2 Å². The van der Waals surface area contributed by atoms with E-state index in [1.807, 2.05) is 0 Å². The number of nitrogens with one attached hydrogen (secondary N) is 1. The molecule has 2 rings (SSSR count). The molecule has 2 N–H and O–H groups in total. The van der Waals surface area contributed by atoms with Crippen molar-refractivity contribution in [2.24, 2.45) is 0 Å². The second-order valence-electron chi connectivity index (χ2n) is 4.69. The molecule has 1 saturated heterocycles. The van der Waals surface area contributed by atoms with Gasteiger partial charge >= 0.3 is 5.97 Å². The molecule has 0 radical (unpaired) electrons. The molecule has 1 aliphatic rings. The van der Waals surface area contributed by atoms with Crippen LogP contribution in [0.1, 0.15) is 16.8 Å². The minimum Gasteiger partial charge on any atom is -0.479 e. The van der Waals surface area contributed by atoms with Crippen molar-refractivity contribution in [1.82, 2.24) is 5.32 Å². The normalized spacial score (nSPS) is 20.6. The Morgan fingerprint density at radius 3 is 2.68 bits per heavy atom. The third-order valence-electron chi connectivity index (χ3n) is 3.24. The van der Waals surface area contributed by atoms with Crippen molar-refractivity contribution < 1.29 is 28.7 Å². The highest BCUT2D eigenvalue weighted by atomic mass is 79.9. The summed E-state index contributed by atoms with van der Waals surface area (Å²) in [7, 11) is 0. The average molecular weight is 377 g/mol. The molecule has 0 spiro atoms. The van der Waals surface area contributed by atoms with Gasteiger partial charge in [0.05, 0.1) is 23.2 Å². The number of benzene rings is 1. The van der Waals surface area contributed by atoms with Crippen LogP contribution in [0.15, 0.2) is 16.6 Å². The summed E-state index contributed by atoms with van der Waals surface area (Å²) < 4.78 is 18.2. The molecule has 1 aliphatic heterocycles. The molecule has 118 valence electrons. The third-order valence-corrected chi connectivity index (χ3v) is 4.08. The molecule has 1 unspecified atom stereocenters. The molecule has 10 heteroatoms. The van der Waals surface area contributed by atoms with Crippen molar-refractivity contribution in [2.45, 2.75) is 12.0 Å². The first kappa shape index (κ1) is 16.3. The molecule has 1 aromatic rings. The van der Waals surface area contributed by atoms with Crippen LogP contribution in [-0.4, -0.2) is 40.7 Å². The zero-order valence-electron chi connectivity index (χ0n) is 11.0. The van der Waals surface area contributed by atoms with Crippen LogP contribution in [0.4, 0.5) is 10.1 Å². The van der Waals surface area contributed by atoms with E-state index in [-0.39, 0.29) is 29.7 Å². The number of nitro groups is 1. The minimum atomic E-state index is -1.63. The molecule has 0 bridgehead atoms. The number of rotatable bonds is 4. The number of nitrogens with zero attached hydrogens (tertiary/aromatic N) is 1. The Hall–Kier alpha value is -2.07. The van der Waals surface area contributed by atoms with Gasteiger partial charge in [0, 0.05) is 13.0 Å². The van der Waals surface area contributed by atoms with Gasteiger partial charge in [0.2, 0.25) is 0 Å². The number of carboxylic acids is 1. The minimum absolute atomic E-state index is 0.0447. The fourth-order valence-corrected chi connectivity index (χ4v) is 2.60. The fraction of sp³-hybridized carbons (Fsp3) is 0.333. The molecular weight excluding hydrogens is 367 g/mol. The predicted molar refractivity (Wildman–Crippen MR) is 74.0 cm³/mol. The van der Waals surface area contributed by atoms with Gasteiger partial charge in [-0.1, -0.05) is 0 Å². The Balaban J connectivity index is 2.38. The lowest BCUT2D eigenvalue weighted by molar-refractivity contribution is -0.385. The maximum absolute atomic E-state index is 13.4. The second-order valence-corrected chi connectivity index (χ2v) is 5.48. The predicted octanol–water partition coefficient (Wildman–Crippen LogP) is 1.47. The van der Waals surface area contributed by atoms with Crippen LogP contribution < -0.4 is 5.32 Å². The number of hydrogen-bond donors (Lipinski definition) is 2. The van der Waals surface area contributed by atoms with Crippen LogP contribution >= 0.6 is 15.9 Å². The first-order chi connectivity index (χ1) is 10.3. The number of amides is 1. The highest BCUT2D eigenvalue weighted by molar-refractivity contribution is 9.10. The van der Waals surface area contributed by atoms with E-state index < -0.39 is 33.8 Å². The van der Waals surface area contributed by atoms with E-state index in [0.29, 0.717) is 6.07 Å². The summed E-state index contributed by atoms with van der Waals surface area (Å²) in [5.74, 6) is -3.21. The molecule has 1 fully saturated rings. The van der Waals surface area contributed by atoms with Crippen LogP contribution in [0.3, 0.4) is 0 Å². The van der Waals surface area contributed by atoms with E-state index in [0.717, 1.165) is 6.07 Å². The van der Waals surface area contributed by atoms with Crippen molar-refractivity contribution in [1.29, 1.82) is 0 Å². The summed E-state index contributed by atoms with van der Waals surface area (Å²) in [4.78, 5) is 33.5. The number of carbonyl (C=O) groups excluding carboxylic acids is 1. The summed E-state index contributed by atoms with van der Waals surface area (Å²) in [5.41, 5.74) is -2.62. The molecular formula is C12H10BrFN2O6. The van der Waals surface area contributed by atoms with Crippen molar-refractivity contribution in [3.63, 3.8) is 0 Å². The average Bonchev–Trinajstić information content (AvgIpc) is 2.90. The molecule has 0 aliphatic carbocycles. The molecule has 0 saturated carbocycles. The number of halogens is 2. The summed E-state index contributed by atoms with van der Waals surface area (Å²) >= 11 is 2.87. The van der Waals surface area contributed by atoms with Gasteiger partial charge in [0.25, 0.3) is 11.6 Å². The molecule has 1 heterocycles. The van der Waals surface area contributed by atoms with Gasteiger partial charge in [-0.2, -0.15) is 0 Å². The summed E-state index contributed by atoms with van der Waals surface area (Å²) in [6.07, 6.45) is 0.0447. The monoisotopic (exact) mass is 376 g/mol. The standard InChI is InChI=1S/C12H10BrFN2O6/c13-9-7(3-6(14)4-8(9)16(20)21)10(17)15-12(11(18)19)1-2-22-5-12/h3-4H,1-2,5H2,(H,15,17)(H,18,19). The lowest BCUT2D eigenvalue weighted by Crippen LogP contribution is -2.55. The van der Waals surface area contributed by atoms with Gasteiger partial charge < -0.3 is 15.2 Å². The van der Waals surface area contributed by atoms with Gasteiger partial charge in [0.1, 0.15) is 10.3 Å². The molecule has 22 heavy (non-hydrogen) atoms.